The molecule has 1 aliphatic rings. The first-order valence-corrected chi connectivity index (χ1v) is 9.41. The van der Waals surface area contributed by atoms with Gasteiger partial charge in [-0.25, -0.2) is 14.8 Å². The zero-order valence-corrected chi connectivity index (χ0v) is 15.5. The molecule has 0 spiro atoms. The van der Waals surface area contributed by atoms with Crippen molar-refractivity contribution >= 4 is 39.2 Å². The molecule has 0 aliphatic carbocycles. The van der Waals surface area contributed by atoms with Gasteiger partial charge in [-0.05, 0) is 17.5 Å². The Morgan fingerprint density at radius 1 is 1.26 bits per heavy atom. The first-order valence-electron chi connectivity index (χ1n) is 8.59. The Morgan fingerprint density at radius 3 is 2.74 bits per heavy atom. The van der Waals surface area contributed by atoms with Crippen LogP contribution in [0, 0.1) is 0 Å². The lowest BCUT2D eigenvalue weighted by atomic mass is 10.0. The monoisotopic (exact) mass is 382 g/mol. The van der Waals surface area contributed by atoms with Crippen molar-refractivity contribution in [2.75, 3.05) is 11.9 Å². The van der Waals surface area contributed by atoms with Crippen LogP contribution in [-0.4, -0.2) is 38.4 Å². The second kappa shape index (κ2) is 6.96. The molecule has 1 aliphatic heterocycles. The van der Waals surface area contributed by atoms with E-state index in [2.05, 4.69) is 15.3 Å². The summed E-state index contributed by atoms with van der Waals surface area (Å²) in [6.07, 6.45) is 2.15. The maximum atomic E-state index is 11.8. The van der Waals surface area contributed by atoms with E-state index in [1.807, 2.05) is 23.1 Å². The van der Waals surface area contributed by atoms with Gasteiger partial charge in [-0.1, -0.05) is 30.3 Å². The van der Waals surface area contributed by atoms with Crippen molar-refractivity contribution in [1.29, 1.82) is 0 Å². The molecule has 8 heteroatoms. The minimum Gasteiger partial charge on any atom is -0.479 e. The highest BCUT2D eigenvalue weighted by molar-refractivity contribution is 7.19. The number of carbonyl (C=O) groups excluding carboxylic acids is 1. The van der Waals surface area contributed by atoms with Crippen LogP contribution >= 0.6 is 11.3 Å². The summed E-state index contributed by atoms with van der Waals surface area (Å²) in [5.41, 5.74) is 1.76. The SMILES string of the molecule is CC(=O)N1CCc2c(sc3ncnc(N[C@H](C(=O)O)c4ccccc4)c23)C1. The van der Waals surface area contributed by atoms with Gasteiger partial charge in [0.1, 0.15) is 17.0 Å². The van der Waals surface area contributed by atoms with Gasteiger partial charge in [0.05, 0.1) is 11.9 Å². The lowest BCUT2D eigenvalue weighted by Gasteiger charge is -2.26. The molecule has 1 amide bonds. The molecule has 7 nitrogen and oxygen atoms in total. The van der Waals surface area contributed by atoms with Gasteiger partial charge in [0.25, 0.3) is 0 Å². The molecule has 1 atom stereocenters. The van der Waals surface area contributed by atoms with Crippen LogP contribution in [0.15, 0.2) is 36.7 Å². The van der Waals surface area contributed by atoms with Crippen molar-refractivity contribution in [1.82, 2.24) is 14.9 Å². The number of nitrogens with zero attached hydrogens (tertiary/aromatic N) is 3. The summed E-state index contributed by atoms with van der Waals surface area (Å²) in [7, 11) is 0. The predicted molar refractivity (Wildman–Crippen MR) is 103 cm³/mol. The van der Waals surface area contributed by atoms with Gasteiger partial charge in [-0.3, -0.25) is 4.79 Å². The Kier molecular flexibility index (Phi) is 4.49. The maximum Gasteiger partial charge on any atom is 0.330 e. The third-order valence-electron chi connectivity index (χ3n) is 4.74. The van der Waals surface area contributed by atoms with Crippen LogP contribution in [0.3, 0.4) is 0 Å². The molecule has 0 radical (unpaired) electrons. The second-order valence-corrected chi connectivity index (χ2v) is 7.51. The number of nitrogens with one attached hydrogen (secondary N) is 1. The highest BCUT2D eigenvalue weighted by Gasteiger charge is 2.27. The summed E-state index contributed by atoms with van der Waals surface area (Å²) in [5, 5.41) is 13.6. The number of fused-ring (bicyclic) bond motifs is 3. The van der Waals surface area contributed by atoms with E-state index in [9.17, 15) is 14.7 Å². The molecule has 138 valence electrons. The van der Waals surface area contributed by atoms with E-state index in [0.717, 1.165) is 20.7 Å². The third-order valence-corrected chi connectivity index (χ3v) is 5.87. The van der Waals surface area contributed by atoms with Crippen molar-refractivity contribution in [3.8, 4) is 0 Å². The fourth-order valence-corrected chi connectivity index (χ4v) is 4.58. The molecule has 0 fully saturated rings. The Hall–Kier alpha value is -3.00. The molecular formula is C19H18N4O3S. The number of rotatable bonds is 4. The standard InChI is InChI=1S/C19H18N4O3S/c1-11(24)23-8-7-13-14(9-23)27-18-15(13)17(20-10-21-18)22-16(19(25)26)12-5-3-2-4-6-12/h2-6,10,16H,7-9H2,1H3,(H,25,26)(H,20,21,22)/t16-/m0/s1. The molecule has 0 unspecified atom stereocenters. The van der Waals surface area contributed by atoms with Crippen molar-refractivity contribution in [3.63, 3.8) is 0 Å². The van der Waals surface area contributed by atoms with E-state index in [4.69, 9.17) is 0 Å². The van der Waals surface area contributed by atoms with Crippen molar-refractivity contribution in [3.05, 3.63) is 52.7 Å². The molecule has 4 rings (SSSR count). The fourth-order valence-electron chi connectivity index (χ4n) is 3.38. The minimum absolute atomic E-state index is 0.0533. The van der Waals surface area contributed by atoms with Gasteiger partial charge in [0.2, 0.25) is 5.91 Å². The number of aliphatic carboxylic acids is 1. The highest BCUT2D eigenvalue weighted by Crippen LogP contribution is 2.38. The topological polar surface area (TPSA) is 95.4 Å². The van der Waals surface area contributed by atoms with Gasteiger partial charge >= 0.3 is 5.97 Å². The van der Waals surface area contributed by atoms with Crippen LogP contribution in [-0.2, 0) is 22.6 Å². The molecule has 2 N–H and O–H groups in total. The Morgan fingerprint density at radius 2 is 2.04 bits per heavy atom. The van der Waals surface area contributed by atoms with E-state index >= 15 is 0 Å². The normalized spacial score (nSPS) is 14.6. The van der Waals surface area contributed by atoms with Crippen molar-refractivity contribution in [2.45, 2.75) is 25.9 Å². The number of carbonyl (C=O) groups is 2. The molecule has 2 aromatic heterocycles. The number of carboxylic acid groups (broad SMARTS) is 1. The number of thiophene rings is 1. The lowest BCUT2D eigenvalue weighted by Crippen LogP contribution is -2.33. The summed E-state index contributed by atoms with van der Waals surface area (Å²) in [4.78, 5) is 35.9. The number of hydrogen-bond donors (Lipinski definition) is 2. The number of hydrogen-bond acceptors (Lipinski definition) is 6. The molecule has 27 heavy (non-hydrogen) atoms. The van der Waals surface area contributed by atoms with Gasteiger partial charge < -0.3 is 15.3 Å². The van der Waals surface area contributed by atoms with Crippen LogP contribution in [0.4, 0.5) is 5.82 Å². The summed E-state index contributed by atoms with van der Waals surface area (Å²) in [5.74, 6) is -0.401. The number of anilines is 1. The van der Waals surface area contributed by atoms with E-state index in [0.29, 0.717) is 30.9 Å². The zero-order chi connectivity index (χ0) is 19.0. The largest absolute Gasteiger partial charge is 0.479 e. The zero-order valence-electron chi connectivity index (χ0n) is 14.7. The predicted octanol–water partition coefficient (Wildman–Crippen LogP) is 2.83. The fraction of sp³-hybridized carbons (Fsp3) is 0.263. The van der Waals surface area contributed by atoms with Gasteiger partial charge in [0, 0.05) is 18.3 Å². The van der Waals surface area contributed by atoms with Gasteiger partial charge in [0.15, 0.2) is 6.04 Å². The summed E-state index contributed by atoms with van der Waals surface area (Å²) >= 11 is 1.53. The Balaban J connectivity index is 1.74. The summed E-state index contributed by atoms with van der Waals surface area (Å²) < 4.78 is 0. The quantitative estimate of drug-likeness (QED) is 0.720. The first-order chi connectivity index (χ1) is 13.0. The van der Waals surface area contributed by atoms with Crippen molar-refractivity contribution < 1.29 is 14.7 Å². The molecule has 0 bridgehead atoms. The van der Waals surface area contributed by atoms with E-state index in [-0.39, 0.29) is 5.91 Å². The molecular weight excluding hydrogens is 364 g/mol. The Labute approximate surface area is 159 Å². The van der Waals surface area contributed by atoms with E-state index in [1.165, 1.54) is 17.7 Å². The molecule has 1 aromatic carbocycles. The minimum atomic E-state index is -0.972. The van der Waals surface area contributed by atoms with Gasteiger partial charge in [-0.15, -0.1) is 11.3 Å². The smallest absolute Gasteiger partial charge is 0.330 e. The maximum absolute atomic E-state index is 11.8. The van der Waals surface area contributed by atoms with E-state index < -0.39 is 12.0 Å². The van der Waals surface area contributed by atoms with Crippen LogP contribution in [0.25, 0.3) is 10.2 Å². The molecule has 0 saturated heterocycles. The van der Waals surface area contributed by atoms with Crippen molar-refractivity contribution in [2.24, 2.45) is 0 Å². The molecule has 3 aromatic rings. The molecule has 3 heterocycles. The Bertz CT molecular complexity index is 1020. The molecule has 0 saturated carbocycles. The highest BCUT2D eigenvalue weighted by atomic mass is 32.1. The number of carboxylic acids is 1. The van der Waals surface area contributed by atoms with Gasteiger partial charge in [-0.2, -0.15) is 0 Å². The first kappa shape index (κ1) is 17.4. The van der Waals surface area contributed by atoms with Crippen LogP contribution in [0.5, 0.6) is 0 Å². The average molecular weight is 382 g/mol. The number of amides is 1. The average Bonchev–Trinajstić information content (AvgIpc) is 3.04. The lowest BCUT2D eigenvalue weighted by molar-refractivity contribution is -0.138. The number of benzene rings is 1. The summed E-state index contributed by atoms with van der Waals surface area (Å²) in [6.45, 7) is 2.78. The number of aromatic nitrogens is 2. The second-order valence-electron chi connectivity index (χ2n) is 6.42. The van der Waals surface area contributed by atoms with E-state index in [1.54, 1.807) is 19.1 Å². The third kappa shape index (κ3) is 3.23. The van der Waals surface area contributed by atoms with Crippen LogP contribution in [0.1, 0.15) is 29.0 Å². The summed E-state index contributed by atoms with van der Waals surface area (Å²) in [6, 6.07) is 8.12. The van der Waals surface area contributed by atoms with Crippen LogP contribution < -0.4 is 5.32 Å². The van der Waals surface area contributed by atoms with Crippen LogP contribution in [0.2, 0.25) is 0 Å².